The Balaban J connectivity index is 1.86. The van der Waals surface area contributed by atoms with Crippen LogP contribution in [-0.2, 0) is 0 Å². The molecule has 1 aromatic heterocycles. The molecule has 0 aliphatic heterocycles. The van der Waals surface area contributed by atoms with Crippen molar-refractivity contribution in [3.8, 4) is 0 Å². The maximum atomic E-state index is 12.1. The lowest BCUT2D eigenvalue weighted by Crippen LogP contribution is -2.40. The Bertz CT molecular complexity index is 473. The van der Waals surface area contributed by atoms with Crippen LogP contribution in [-0.4, -0.2) is 16.9 Å². The van der Waals surface area contributed by atoms with E-state index in [1.54, 1.807) is 12.1 Å². The van der Waals surface area contributed by atoms with E-state index in [0.717, 1.165) is 18.8 Å². The molecule has 1 saturated carbocycles. The molecule has 0 atom stereocenters. The van der Waals surface area contributed by atoms with Gasteiger partial charge in [0.1, 0.15) is 5.69 Å². The van der Waals surface area contributed by atoms with Gasteiger partial charge < -0.3 is 11.1 Å². The minimum Gasteiger partial charge on any atom is -0.397 e. The smallest absolute Gasteiger partial charge is 0.270 e. The second-order valence-electron chi connectivity index (χ2n) is 6.84. The zero-order valence-corrected chi connectivity index (χ0v) is 13.4. The van der Waals surface area contributed by atoms with E-state index < -0.39 is 0 Å². The summed E-state index contributed by atoms with van der Waals surface area (Å²) >= 11 is 0. The first-order valence-electron chi connectivity index (χ1n) is 7.94. The van der Waals surface area contributed by atoms with Gasteiger partial charge in [-0.2, -0.15) is 0 Å². The highest BCUT2D eigenvalue weighted by Crippen LogP contribution is 2.40. The van der Waals surface area contributed by atoms with Gasteiger partial charge in [0.2, 0.25) is 0 Å². The predicted molar refractivity (Wildman–Crippen MR) is 85.9 cm³/mol. The number of carbonyl (C=O) groups is 1. The fourth-order valence-corrected chi connectivity index (χ4v) is 3.11. The number of aromatic nitrogens is 1. The fourth-order valence-electron chi connectivity index (χ4n) is 3.11. The van der Waals surface area contributed by atoms with Crippen molar-refractivity contribution >= 4 is 11.6 Å². The van der Waals surface area contributed by atoms with Gasteiger partial charge in [-0.1, -0.05) is 27.2 Å². The van der Waals surface area contributed by atoms with Crippen LogP contribution < -0.4 is 11.1 Å². The molecule has 1 aliphatic rings. The molecule has 1 aliphatic carbocycles. The van der Waals surface area contributed by atoms with Crippen LogP contribution in [0.4, 0.5) is 5.69 Å². The number of nitrogen functional groups attached to an aromatic ring is 1. The van der Waals surface area contributed by atoms with Crippen LogP contribution in [0.3, 0.4) is 0 Å². The highest BCUT2D eigenvalue weighted by Gasteiger charge is 2.32. The summed E-state index contributed by atoms with van der Waals surface area (Å²) in [5.41, 5.74) is 7.02. The van der Waals surface area contributed by atoms with Crippen LogP contribution in [0.15, 0.2) is 18.3 Å². The molecule has 116 valence electrons. The van der Waals surface area contributed by atoms with Crippen LogP contribution in [0.5, 0.6) is 0 Å². The Morgan fingerprint density at radius 3 is 2.52 bits per heavy atom. The normalized spacial score (nSPS) is 22.8. The van der Waals surface area contributed by atoms with Gasteiger partial charge in [-0.3, -0.25) is 4.79 Å². The second kappa shape index (κ2) is 6.46. The summed E-state index contributed by atoms with van der Waals surface area (Å²) in [6.07, 6.45) is 7.26. The van der Waals surface area contributed by atoms with Gasteiger partial charge in [0.15, 0.2) is 0 Å². The van der Waals surface area contributed by atoms with E-state index in [2.05, 4.69) is 31.1 Å². The molecule has 0 saturated heterocycles. The van der Waals surface area contributed by atoms with Gasteiger partial charge in [0, 0.05) is 6.04 Å². The van der Waals surface area contributed by atoms with Crippen molar-refractivity contribution in [3.63, 3.8) is 0 Å². The zero-order valence-electron chi connectivity index (χ0n) is 13.4. The number of hydrogen-bond donors (Lipinski definition) is 2. The van der Waals surface area contributed by atoms with Crippen LogP contribution in [0.2, 0.25) is 0 Å². The predicted octanol–water partition coefficient (Wildman–Crippen LogP) is 3.39. The Morgan fingerprint density at radius 1 is 1.33 bits per heavy atom. The van der Waals surface area contributed by atoms with E-state index >= 15 is 0 Å². The fraction of sp³-hybridized carbons (Fsp3) is 0.647. The zero-order chi connectivity index (χ0) is 15.5. The molecule has 0 radical (unpaired) electrons. The van der Waals surface area contributed by atoms with Gasteiger partial charge >= 0.3 is 0 Å². The largest absolute Gasteiger partial charge is 0.397 e. The highest BCUT2D eigenvalue weighted by molar-refractivity contribution is 5.92. The molecule has 4 nitrogen and oxygen atoms in total. The van der Waals surface area contributed by atoms with Crippen molar-refractivity contribution < 1.29 is 4.79 Å². The third kappa shape index (κ3) is 3.96. The van der Waals surface area contributed by atoms with Gasteiger partial charge in [-0.15, -0.1) is 0 Å². The number of hydrogen-bond acceptors (Lipinski definition) is 3. The van der Waals surface area contributed by atoms with Gasteiger partial charge in [-0.25, -0.2) is 4.98 Å². The summed E-state index contributed by atoms with van der Waals surface area (Å²) < 4.78 is 0. The van der Waals surface area contributed by atoms with Crippen molar-refractivity contribution in [3.05, 3.63) is 24.0 Å². The number of carbonyl (C=O) groups excluding carboxylic acids is 1. The van der Waals surface area contributed by atoms with E-state index in [1.807, 2.05) is 0 Å². The van der Waals surface area contributed by atoms with Gasteiger partial charge in [-0.05, 0) is 49.1 Å². The van der Waals surface area contributed by atoms with Crippen LogP contribution in [0.25, 0.3) is 0 Å². The minimum absolute atomic E-state index is 0.0896. The van der Waals surface area contributed by atoms with Crippen LogP contribution in [0, 0.1) is 11.3 Å². The molecule has 4 heteroatoms. The van der Waals surface area contributed by atoms with E-state index in [0.29, 0.717) is 16.8 Å². The van der Waals surface area contributed by atoms with Crippen LogP contribution >= 0.6 is 0 Å². The molecule has 1 aromatic rings. The second-order valence-corrected chi connectivity index (χ2v) is 6.84. The lowest BCUT2D eigenvalue weighted by atomic mass is 9.69. The summed E-state index contributed by atoms with van der Waals surface area (Å²) in [6, 6.07) is 3.67. The number of amides is 1. The highest BCUT2D eigenvalue weighted by atomic mass is 16.1. The lowest BCUT2D eigenvalue weighted by Gasteiger charge is -2.39. The van der Waals surface area contributed by atoms with Crippen molar-refractivity contribution in [1.29, 1.82) is 0 Å². The Hall–Kier alpha value is -1.58. The maximum Gasteiger partial charge on any atom is 0.270 e. The molecule has 1 fully saturated rings. The third-order valence-corrected chi connectivity index (χ3v) is 5.10. The average molecular weight is 289 g/mol. The standard InChI is InChI=1S/C17H27N3O/c1-4-17(2,3)12-5-8-14(9-6-12)20-16(21)15-10-7-13(18)11-19-15/h7,10-12,14H,4-6,8-9,18H2,1-3H3,(H,20,21). The summed E-state index contributed by atoms with van der Waals surface area (Å²) in [5, 5.41) is 3.10. The Morgan fingerprint density at radius 2 is 2.00 bits per heavy atom. The van der Waals surface area contributed by atoms with Crippen molar-refractivity contribution in [2.75, 3.05) is 5.73 Å². The SMILES string of the molecule is CCC(C)(C)C1CCC(NC(=O)c2ccc(N)cn2)CC1. The first-order chi connectivity index (χ1) is 9.92. The number of nitrogens with one attached hydrogen (secondary N) is 1. The molecule has 3 N–H and O–H groups in total. The van der Waals surface area contributed by atoms with Crippen molar-refractivity contribution in [2.45, 2.75) is 58.9 Å². The number of anilines is 1. The van der Waals surface area contributed by atoms with E-state index in [-0.39, 0.29) is 11.9 Å². The Kier molecular flexibility index (Phi) is 4.86. The van der Waals surface area contributed by atoms with E-state index in [1.165, 1.54) is 25.5 Å². The summed E-state index contributed by atoms with van der Waals surface area (Å²) in [7, 11) is 0. The summed E-state index contributed by atoms with van der Waals surface area (Å²) in [4.78, 5) is 16.2. The number of rotatable bonds is 4. The molecule has 1 heterocycles. The summed E-state index contributed by atoms with van der Waals surface area (Å²) in [6.45, 7) is 6.98. The number of nitrogens with zero attached hydrogens (tertiary/aromatic N) is 1. The molecule has 0 aromatic carbocycles. The van der Waals surface area contributed by atoms with E-state index in [9.17, 15) is 4.79 Å². The minimum atomic E-state index is -0.0896. The first kappa shape index (κ1) is 15.8. The molecule has 0 bridgehead atoms. The lowest BCUT2D eigenvalue weighted by molar-refractivity contribution is 0.0888. The molecular weight excluding hydrogens is 262 g/mol. The topological polar surface area (TPSA) is 68.0 Å². The Labute approximate surface area is 127 Å². The molecule has 2 rings (SSSR count). The summed E-state index contributed by atoms with van der Waals surface area (Å²) in [5.74, 6) is 0.679. The number of nitrogens with two attached hydrogens (primary N) is 1. The third-order valence-electron chi connectivity index (χ3n) is 5.10. The maximum absolute atomic E-state index is 12.1. The quantitative estimate of drug-likeness (QED) is 0.892. The van der Waals surface area contributed by atoms with Gasteiger partial charge in [0.25, 0.3) is 5.91 Å². The van der Waals surface area contributed by atoms with E-state index in [4.69, 9.17) is 5.73 Å². The average Bonchev–Trinajstić information content (AvgIpc) is 2.48. The van der Waals surface area contributed by atoms with Crippen LogP contribution in [0.1, 0.15) is 63.4 Å². The van der Waals surface area contributed by atoms with Crippen molar-refractivity contribution in [2.24, 2.45) is 11.3 Å². The molecule has 1 amide bonds. The molecule has 0 unspecified atom stereocenters. The first-order valence-corrected chi connectivity index (χ1v) is 7.94. The molecule has 21 heavy (non-hydrogen) atoms. The monoisotopic (exact) mass is 289 g/mol. The molecule has 0 spiro atoms. The number of pyridine rings is 1. The van der Waals surface area contributed by atoms with Gasteiger partial charge in [0.05, 0.1) is 11.9 Å². The van der Waals surface area contributed by atoms with Crippen molar-refractivity contribution in [1.82, 2.24) is 10.3 Å². The molecular formula is C17H27N3O.